The number of thiophene rings is 1. The van der Waals surface area contributed by atoms with E-state index in [9.17, 15) is 18.0 Å². The van der Waals surface area contributed by atoms with Gasteiger partial charge in [0.1, 0.15) is 5.75 Å². The number of alkyl halides is 3. The van der Waals surface area contributed by atoms with E-state index in [1.165, 1.54) is 6.07 Å². The molecule has 4 nitrogen and oxygen atoms in total. The molecule has 0 bridgehead atoms. The van der Waals surface area contributed by atoms with E-state index in [0.717, 1.165) is 28.3 Å². The lowest BCUT2D eigenvalue weighted by Crippen LogP contribution is -2.31. The molecule has 0 aliphatic heterocycles. The number of amides is 1. The number of carbonyl (C=O) groups excluding carboxylic acids is 1. The largest absolute Gasteiger partial charge is 0.494 e. The van der Waals surface area contributed by atoms with Crippen molar-refractivity contribution in [1.82, 2.24) is 10.2 Å². The quantitative estimate of drug-likeness (QED) is 0.110. The lowest BCUT2D eigenvalue weighted by Gasteiger charge is -2.29. The number of halogens is 5. The molecule has 0 atom stereocenters. The molecular formula is C38H37Cl2F3N2O2S. The third-order valence-corrected chi connectivity index (χ3v) is 9.02. The molecule has 252 valence electrons. The predicted molar refractivity (Wildman–Crippen MR) is 190 cm³/mol. The summed E-state index contributed by atoms with van der Waals surface area (Å²) in [6.07, 6.45) is -3.67. The minimum absolute atomic E-state index is 0. The van der Waals surface area contributed by atoms with Gasteiger partial charge in [0.15, 0.2) is 0 Å². The normalized spacial score (nSPS) is 11.4. The minimum Gasteiger partial charge on any atom is -0.494 e. The van der Waals surface area contributed by atoms with Gasteiger partial charge < -0.3 is 10.1 Å². The van der Waals surface area contributed by atoms with Crippen LogP contribution in [0.2, 0.25) is 5.02 Å². The van der Waals surface area contributed by atoms with Crippen LogP contribution in [0.15, 0.2) is 120 Å². The Hall–Kier alpha value is -3.82. The third kappa shape index (κ3) is 10.9. The van der Waals surface area contributed by atoms with Gasteiger partial charge in [0, 0.05) is 32.1 Å². The maximum absolute atomic E-state index is 13.7. The van der Waals surface area contributed by atoms with Gasteiger partial charge in [-0.15, -0.1) is 12.4 Å². The van der Waals surface area contributed by atoms with Crippen molar-refractivity contribution >= 4 is 41.3 Å². The van der Waals surface area contributed by atoms with Crippen LogP contribution < -0.4 is 10.1 Å². The first-order chi connectivity index (χ1) is 22.8. The molecule has 0 aliphatic rings. The van der Waals surface area contributed by atoms with Gasteiger partial charge in [0.05, 0.1) is 23.6 Å². The zero-order valence-corrected chi connectivity index (χ0v) is 28.6. The van der Waals surface area contributed by atoms with Gasteiger partial charge in [-0.3, -0.25) is 9.69 Å². The Morgan fingerprint density at radius 2 is 1.56 bits per heavy atom. The summed E-state index contributed by atoms with van der Waals surface area (Å²) in [7, 11) is 0. The van der Waals surface area contributed by atoms with Crippen LogP contribution in [0.3, 0.4) is 0 Å². The van der Waals surface area contributed by atoms with E-state index in [1.54, 1.807) is 17.4 Å². The number of carbonyl (C=O) groups is 1. The fourth-order valence-electron chi connectivity index (χ4n) is 5.49. The number of hydrogen-bond acceptors (Lipinski definition) is 4. The molecule has 10 heteroatoms. The fourth-order valence-corrected chi connectivity index (χ4v) is 6.46. The van der Waals surface area contributed by atoms with Crippen LogP contribution in [-0.2, 0) is 30.5 Å². The zero-order valence-electron chi connectivity index (χ0n) is 26.2. The highest BCUT2D eigenvalue weighted by molar-refractivity contribution is 7.07. The fraction of sp³-hybridized carbons (Fsp3) is 0.237. The number of nitrogens with one attached hydrogen (secondary N) is 1. The van der Waals surface area contributed by atoms with Gasteiger partial charge in [-0.1, -0.05) is 96.5 Å². The van der Waals surface area contributed by atoms with E-state index in [1.807, 2.05) is 77.5 Å². The summed E-state index contributed by atoms with van der Waals surface area (Å²) in [4.78, 5) is 14.6. The van der Waals surface area contributed by atoms with Gasteiger partial charge in [0.2, 0.25) is 5.91 Å². The Labute approximate surface area is 294 Å². The van der Waals surface area contributed by atoms with Gasteiger partial charge >= 0.3 is 6.18 Å². The summed E-state index contributed by atoms with van der Waals surface area (Å²) in [6.45, 7) is 2.26. The number of hydrogen-bond donors (Lipinski definition) is 1. The van der Waals surface area contributed by atoms with Crippen molar-refractivity contribution in [3.8, 4) is 5.75 Å². The highest BCUT2D eigenvalue weighted by atomic mass is 35.5. The first-order valence-electron chi connectivity index (χ1n) is 15.4. The summed E-state index contributed by atoms with van der Waals surface area (Å²) < 4.78 is 47.1. The van der Waals surface area contributed by atoms with Crippen molar-refractivity contribution in [2.75, 3.05) is 19.7 Å². The second kappa shape index (κ2) is 18.1. The van der Waals surface area contributed by atoms with E-state index < -0.39 is 11.7 Å². The first-order valence-corrected chi connectivity index (χ1v) is 16.7. The smallest absolute Gasteiger partial charge is 0.417 e. The first kappa shape index (κ1) is 37.0. The Balaban J connectivity index is 0.00000520. The van der Waals surface area contributed by atoms with Crippen LogP contribution in [0, 0.1) is 0 Å². The SMILES string of the molecule is Cl.O=C(Cc1cccc(OCCCN(Cc2cccc(C(F)(F)F)c2Cl)CC(c2ccccc2)c2ccccc2)c1)NCc1ccsc1. The summed E-state index contributed by atoms with van der Waals surface area (Å²) in [5, 5.41) is 6.66. The van der Waals surface area contributed by atoms with E-state index in [0.29, 0.717) is 44.0 Å². The zero-order chi connectivity index (χ0) is 33.1. The van der Waals surface area contributed by atoms with Crippen LogP contribution in [-0.4, -0.2) is 30.5 Å². The number of benzene rings is 4. The average molecular weight is 714 g/mol. The summed E-state index contributed by atoms with van der Waals surface area (Å²) >= 11 is 7.94. The van der Waals surface area contributed by atoms with Gasteiger partial charge in [0.25, 0.3) is 0 Å². The van der Waals surface area contributed by atoms with Crippen molar-refractivity contribution in [3.05, 3.63) is 158 Å². The number of ether oxygens (including phenoxy) is 1. The molecule has 0 fully saturated rings. The highest BCUT2D eigenvalue weighted by Crippen LogP contribution is 2.37. The predicted octanol–water partition coefficient (Wildman–Crippen LogP) is 9.80. The van der Waals surface area contributed by atoms with Gasteiger partial charge in [-0.05, 0) is 69.3 Å². The molecule has 0 radical (unpaired) electrons. The van der Waals surface area contributed by atoms with Crippen LogP contribution in [0.4, 0.5) is 13.2 Å². The molecule has 0 unspecified atom stereocenters. The molecule has 1 N–H and O–H groups in total. The Morgan fingerprint density at radius 1 is 0.875 bits per heavy atom. The Morgan fingerprint density at radius 3 is 2.21 bits per heavy atom. The molecule has 1 heterocycles. The maximum atomic E-state index is 13.7. The maximum Gasteiger partial charge on any atom is 0.417 e. The van der Waals surface area contributed by atoms with Crippen LogP contribution in [0.25, 0.3) is 0 Å². The van der Waals surface area contributed by atoms with Gasteiger partial charge in [-0.2, -0.15) is 24.5 Å². The highest BCUT2D eigenvalue weighted by Gasteiger charge is 2.34. The molecule has 5 rings (SSSR count). The standard InChI is InChI=1S/C38H36ClF3N2O2S.ClH/c39-37-32(15-8-17-35(37)38(40,41)42)25-44(26-34(30-11-3-1-4-12-30)31-13-5-2-6-14-31)19-9-20-46-33-16-7-10-28(22-33)23-36(45)43-24-29-18-21-47-27-29;/h1-8,10-18,21-22,27,34H,9,19-20,23-26H2,(H,43,45);1H. The van der Waals surface area contributed by atoms with E-state index in [-0.39, 0.29) is 42.2 Å². The Bertz CT molecular complexity index is 1670. The molecule has 0 saturated carbocycles. The molecule has 0 saturated heterocycles. The molecule has 5 aromatic rings. The second-order valence-corrected chi connectivity index (χ2v) is 12.5. The van der Waals surface area contributed by atoms with Crippen molar-refractivity contribution in [3.63, 3.8) is 0 Å². The number of nitrogens with zero attached hydrogens (tertiary/aromatic N) is 1. The molecule has 48 heavy (non-hydrogen) atoms. The summed E-state index contributed by atoms with van der Waals surface area (Å²) in [5.74, 6) is 0.584. The van der Waals surface area contributed by atoms with Crippen molar-refractivity contribution in [1.29, 1.82) is 0 Å². The lowest BCUT2D eigenvalue weighted by atomic mass is 9.90. The molecular weight excluding hydrogens is 676 g/mol. The van der Waals surface area contributed by atoms with Crippen molar-refractivity contribution in [2.24, 2.45) is 0 Å². The summed E-state index contributed by atoms with van der Waals surface area (Å²) in [5.41, 5.74) is 3.75. The van der Waals surface area contributed by atoms with Gasteiger partial charge in [-0.25, -0.2) is 0 Å². The van der Waals surface area contributed by atoms with Crippen LogP contribution in [0.1, 0.15) is 45.7 Å². The van der Waals surface area contributed by atoms with Crippen molar-refractivity contribution in [2.45, 2.75) is 38.0 Å². The van der Waals surface area contributed by atoms with Crippen LogP contribution >= 0.6 is 35.3 Å². The van der Waals surface area contributed by atoms with E-state index in [4.69, 9.17) is 16.3 Å². The average Bonchev–Trinajstić information content (AvgIpc) is 3.60. The summed E-state index contributed by atoms with van der Waals surface area (Å²) in [6, 6.07) is 33.8. The Kier molecular flexibility index (Phi) is 13.9. The molecule has 1 amide bonds. The minimum atomic E-state index is -4.54. The molecule has 0 spiro atoms. The monoisotopic (exact) mass is 712 g/mol. The van der Waals surface area contributed by atoms with Crippen molar-refractivity contribution < 1.29 is 22.7 Å². The second-order valence-electron chi connectivity index (χ2n) is 11.3. The molecule has 1 aromatic heterocycles. The lowest BCUT2D eigenvalue weighted by molar-refractivity contribution is -0.137. The number of rotatable bonds is 15. The third-order valence-electron chi connectivity index (χ3n) is 7.84. The topological polar surface area (TPSA) is 41.6 Å². The van der Waals surface area contributed by atoms with E-state index in [2.05, 4.69) is 34.5 Å². The molecule has 4 aromatic carbocycles. The van der Waals surface area contributed by atoms with E-state index >= 15 is 0 Å². The molecule has 0 aliphatic carbocycles. The van der Waals surface area contributed by atoms with Crippen LogP contribution in [0.5, 0.6) is 5.75 Å².